The van der Waals surface area contributed by atoms with Crippen LogP contribution < -0.4 is 15.7 Å². The molecule has 9 heteroatoms. The number of carbonyl (C=O) groups is 2. The van der Waals surface area contributed by atoms with Crippen LogP contribution in [0.15, 0.2) is 57.9 Å². The number of H-pyrrole nitrogens is 1. The van der Waals surface area contributed by atoms with Crippen LogP contribution in [0.25, 0.3) is 21.9 Å². The highest BCUT2D eigenvalue weighted by Crippen LogP contribution is 2.26. The third-order valence-corrected chi connectivity index (χ3v) is 6.07. The maximum Gasteiger partial charge on any atom is 0.336 e. The number of hydrogen-bond acceptors (Lipinski definition) is 6. The number of nitrogens with one attached hydrogen (secondary N) is 2. The molecule has 0 fully saturated rings. The van der Waals surface area contributed by atoms with Gasteiger partial charge in [-0.3, -0.25) is 4.79 Å². The SMILES string of the molecule is CCCCc1cc(=O)oc2cc(O[C@H](C)C(=O)N[C@H](Cc3c[nH]c4ccc(O)cc34)C(=O)O)ccc12. The summed E-state index contributed by atoms with van der Waals surface area (Å²) in [5, 5.41) is 23.5. The van der Waals surface area contributed by atoms with Gasteiger partial charge < -0.3 is 29.7 Å². The number of aromatic amines is 1. The summed E-state index contributed by atoms with van der Waals surface area (Å²) >= 11 is 0. The fraction of sp³-hybridized carbons (Fsp3) is 0.296. The van der Waals surface area contributed by atoms with E-state index in [1.54, 1.807) is 36.5 Å². The summed E-state index contributed by atoms with van der Waals surface area (Å²) in [7, 11) is 0. The number of unbranched alkanes of at least 4 members (excludes halogenated alkanes) is 1. The molecule has 36 heavy (non-hydrogen) atoms. The second-order valence-corrected chi connectivity index (χ2v) is 8.76. The molecule has 2 atom stereocenters. The second-order valence-electron chi connectivity index (χ2n) is 8.76. The number of hydrogen-bond donors (Lipinski definition) is 4. The third-order valence-electron chi connectivity index (χ3n) is 6.07. The molecule has 4 aromatic rings. The first-order valence-electron chi connectivity index (χ1n) is 11.8. The van der Waals surface area contributed by atoms with E-state index < -0.39 is 29.6 Å². The van der Waals surface area contributed by atoms with Crippen LogP contribution in [0.2, 0.25) is 0 Å². The molecule has 0 radical (unpaired) electrons. The van der Waals surface area contributed by atoms with E-state index in [1.165, 1.54) is 19.1 Å². The van der Waals surface area contributed by atoms with Gasteiger partial charge in [-0.2, -0.15) is 0 Å². The number of carboxylic acid groups (broad SMARTS) is 1. The van der Waals surface area contributed by atoms with Gasteiger partial charge in [0.05, 0.1) is 0 Å². The van der Waals surface area contributed by atoms with Crippen molar-refractivity contribution in [2.45, 2.75) is 51.7 Å². The lowest BCUT2D eigenvalue weighted by Crippen LogP contribution is -2.47. The van der Waals surface area contributed by atoms with E-state index >= 15 is 0 Å². The lowest BCUT2D eigenvalue weighted by Gasteiger charge is -2.19. The van der Waals surface area contributed by atoms with Gasteiger partial charge in [0.25, 0.3) is 5.91 Å². The van der Waals surface area contributed by atoms with E-state index in [1.807, 2.05) is 0 Å². The molecule has 0 aliphatic rings. The van der Waals surface area contributed by atoms with E-state index in [4.69, 9.17) is 9.15 Å². The molecule has 0 saturated carbocycles. The van der Waals surface area contributed by atoms with Gasteiger partial charge in [-0.25, -0.2) is 9.59 Å². The highest BCUT2D eigenvalue weighted by Gasteiger charge is 2.25. The predicted molar refractivity (Wildman–Crippen MR) is 134 cm³/mol. The molecule has 2 aromatic carbocycles. The minimum absolute atomic E-state index is 0.0128. The lowest BCUT2D eigenvalue weighted by atomic mass is 10.0. The van der Waals surface area contributed by atoms with Gasteiger partial charge in [0.15, 0.2) is 6.10 Å². The van der Waals surface area contributed by atoms with Gasteiger partial charge in [-0.15, -0.1) is 0 Å². The van der Waals surface area contributed by atoms with Gasteiger partial charge in [-0.1, -0.05) is 13.3 Å². The van der Waals surface area contributed by atoms with Crippen molar-refractivity contribution in [3.8, 4) is 11.5 Å². The molecule has 0 bridgehead atoms. The largest absolute Gasteiger partial charge is 0.508 e. The minimum atomic E-state index is -1.21. The van der Waals surface area contributed by atoms with Crippen molar-refractivity contribution in [1.29, 1.82) is 0 Å². The zero-order chi connectivity index (χ0) is 25.8. The maximum atomic E-state index is 12.8. The maximum absolute atomic E-state index is 12.8. The summed E-state index contributed by atoms with van der Waals surface area (Å²) in [6.45, 7) is 3.59. The molecule has 188 valence electrons. The summed E-state index contributed by atoms with van der Waals surface area (Å²) in [5.74, 6) is -1.43. The summed E-state index contributed by atoms with van der Waals surface area (Å²) in [6.07, 6.45) is 3.35. The predicted octanol–water partition coefficient (Wildman–Crippen LogP) is 3.90. The molecule has 4 N–H and O–H groups in total. The summed E-state index contributed by atoms with van der Waals surface area (Å²) in [4.78, 5) is 39.7. The van der Waals surface area contributed by atoms with Crippen molar-refractivity contribution in [3.63, 3.8) is 0 Å². The van der Waals surface area contributed by atoms with Crippen molar-refractivity contribution in [3.05, 3.63) is 70.2 Å². The van der Waals surface area contributed by atoms with Crippen molar-refractivity contribution in [1.82, 2.24) is 10.3 Å². The van der Waals surface area contributed by atoms with Crippen LogP contribution in [-0.2, 0) is 22.4 Å². The average molecular weight is 493 g/mol. The van der Waals surface area contributed by atoms with E-state index in [-0.39, 0.29) is 12.2 Å². The number of fused-ring (bicyclic) bond motifs is 2. The van der Waals surface area contributed by atoms with Crippen LogP contribution in [0.1, 0.15) is 37.8 Å². The Balaban J connectivity index is 1.47. The fourth-order valence-corrected chi connectivity index (χ4v) is 4.16. The van der Waals surface area contributed by atoms with E-state index in [9.17, 15) is 24.6 Å². The highest BCUT2D eigenvalue weighted by molar-refractivity contribution is 5.89. The number of aryl methyl sites for hydroxylation is 1. The van der Waals surface area contributed by atoms with Gasteiger partial charge in [0.1, 0.15) is 23.1 Å². The molecule has 4 rings (SSSR count). The van der Waals surface area contributed by atoms with Crippen LogP contribution in [0.4, 0.5) is 0 Å². The number of phenolic OH excluding ortho intramolecular Hbond substituents is 1. The van der Waals surface area contributed by atoms with Gasteiger partial charge in [0.2, 0.25) is 0 Å². The zero-order valence-corrected chi connectivity index (χ0v) is 20.0. The molecular formula is C27H28N2O7. The minimum Gasteiger partial charge on any atom is -0.508 e. The number of benzene rings is 2. The monoisotopic (exact) mass is 492 g/mol. The Hall–Kier alpha value is -4.27. The Bertz CT molecular complexity index is 1470. The molecule has 2 aromatic heterocycles. The van der Waals surface area contributed by atoms with Crippen LogP contribution in [0, 0.1) is 0 Å². The highest BCUT2D eigenvalue weighted by atomic mass is 16.5. The molecule has 2 heterocycles. The average Bonchev–Trinajstić information content (AvgIpc) is 3.23. The standard InChI is InChI=1S/C27H28N2O7/c1-3-4-5-16-11-25(31)36-24-13-19(7-8-20(16)24)35-15(2)26(32)29-23(27(33)34)10-17-14-28-22-9-6-18(30)12-21(17)22/h6-9,11-15,23,28,30H,3-5,10H2,1-2H3,(H,29,32)(H,33,34)/t15-,23-/m1/s1. The van der Waals surface area contributed by atoms with Gasteiger partial charge in [-0.05, 0) is 61.2 Å². The van der Waals surface area contributed by atoms with Crippen molar-refractivity contribution in [2.75, 3.05) is 0 Å². The summed E-state index contributed by atoms with van der Waals surface area (Å²) < 4.78 is 11.1. The molecule has 1 amide bonds. The Labute approximate surface area is 206 Å². The first-order chi connectivity index (χ1) is 17.2. The molecule has 0 aliphatic carbocycles. The number of ether oxygens (including phenoxy) is 1. The quantitative estimate of drug-likeness (QED) is 0.246. The van der Waals surface area contributed by atoms with Gasteiger partial charge in [0, 0.05) is 41.0 Å². The molecule has 0 spiro atoms. The van der Waals surface area contributed by atoms with Crippen molar-refractivity contribution < 1.29 is 29.0 Å². The summed E-state index contributed by atoms with van der Waals surface area (Å²) in [5.41, 5.74) is 2.20. The molecule has 0 saturated heterocycles. The first kappa shape index (κ1) is 24.8. The normalized spacial score (nSPS) is 12.9. The number of aromatic nitrogens is 1. The van der Waals surface area contributed by atoms with Crippen LogP contribution in [0.3, 0.4) is 0 Å². The number of amides is 1. The van der Waals surface area contributed by atoms with Crippen LogP contribution >= 0.6 is 0 Å². The van der Waals surface area contributed by atoms with E-state index in [0.717, 1.165) is 35.7 Å². The molecule has 9 nitrogen and oxygen atoms in total. The van der Waals surface area contributed by atoms with Crippen molar-refractivity contribution in [2.24, 2.45) is 0 Å². The van der Waals surface area contributed by atoms with Crippen molar-refractivity contribution >= 4 is 33.7 Å². The molecular weight excluding hydrogens is 464 g/mol. The smallest absolute Gasteiger partial charge is 0.336 e. The Morgan fingerprint density at radius 2 is 1.92 bits per heavy atom. The van der Waals surface area contributed by atoms with E-state index in [0.29, 0.717) is 22.3 Å². The Morgan fingerprint density at radius 1 is 1.11 bits per heavy atom. The second kappa shape index (κ2) is 10.6. The lowest BCUT2D eigenvalue weighted by molar-refractivity contribution is -0.142. The van der Waals surface area contributed by atoms with Gasteiger partial charge >= 0.3 is 11.6 Å². The number of carboxylic acids is 1. The number of aromatic hydroxyl groups is 1. The van der Waals surface area contributed by atoms with Crippen LogP contribution in [0.5, 0.6) is 11.5 Å². The zero-order valence-electron chi connectivity index (χ0n) is 20.0. The first-order valence-corrected chi connectivity index (χ1v) is 11.8. The molecule has 0 unspecified atom stereocenters. The summed E-state index contributed by atoms with van der Waals surface area (Å²) in [6, 6.07) is 10.1. The molecule has 0 aliphatic heterocycles. The third kappa shape index (κ3) is 5.51. The number of rotatable bonds is 10. The Morgan fingerprint density at radius 3 is 2.67 bits per heavy atom. The fourth-order valence-electron chi connectivity index (χ4n) is 4.16. The van der Waals surface area contributed by atoms with Crippen LogP contribution in [-0.4, -0.2) is 39.2 Å². The number of phenols is 1. The topological polar surface area (TPSA) is 142 Å². The number of aliphatic carboxylic acids is 1. The Kier molecular flexibility index (Phi) is 7.28. The van der Waals surface area contributed by atoms with E-state index in [2.05, 4.69) is 17.2 Å². The number of carbonyl (C=O) groups excluding carboxylic acids is 1.